The molecule has 0 bridgehead atoms. The van der Waals surface area contributed by atoms with Crippen LogP contribution in [0, 0.1) is 5.92 Å². The molecule has 1 amide bonds. The van der Waals surface area contributed by atoms with E-state index >= 15 is 0 Å². The molecule has 6 nitrogen and oxygen atoms in total. The number of aliphatic hydroxyl groups is 1. The lowest BCUT2D eigenvalue weighted by atomic mass is 10.1. The number of amides is 1. The first kappa shape index (κ1) is 14.3. The predicted molar refractivity (Wildman–Crippen MR) is 57.5 cm³/mol. The molecule has 0 saturated carbocycles. The van der Waals surface area contributed by atoms with Gasteiger partial charge < -0.3 is 14.7 Å². The Labute approximate surface area is 99.6 Å². The van der Waals surface area contributed by atoms with Gasteiger partial charge in [-0.05, 0) is 0 Å². The van der Waals surface area contributed by atoms with Crippen LogP contribution in [0.25, 0.3) is 0 Å². The summed E-state index contributed by atoms with van der Waals surface area (Å²) >= 11 is 0. The summed E-state index contributed by atoms with van der Waals surface area (Å²) in [6.45, 7) is 0.967. The Morgan fingerprint density at radius 2 is 2.18 bits per heavy atom. The van der Waals surface area contributed by atoms with Crippen LogP contribution in [0.1, 0.15) is 6.42 Å². The topological polar surface area (TPSA) is 83.9 Å². The second kappa shape index (κ2) is 6.27. The highest BCUT2D eigenvalue weighted by Crippen LogP contribution is 2.19. The second-order valence-electron chi connectivity index (χ2n) is 3.95. The summed E-state index contributed by atoms with van der Waals surface area (Å²) in [5.41, 5.74) is 0. The average molecular weight is 269 g/mol. The first-order valence-electron chi connectivity index (χ1n) is 5.31. The molecule has 1 atom stereocenters. The van der Waals surface area contributed by atoms with Gasteiger partial charge in [-0.3, -0.25) is 4.79 Å². The van der Waals surface area contributed by atoms with Crippen LogP contribution in [0.3, 0.4) is 0 Å². The molecule has 1 N–H and O–H groups in total. The third kappa shape index (κ3) is 5.42. The Hall–Kier alpha value is -0.730. The summed E-state index contributed by atoms with van der Waals surface area (Å²) in [4.78, 5) is 12.9. The summed E-state index contributed by atoms with van der Waals surface area (Å²) in [5.74, 6) is -1.27. The molecule has 0 aliphatic carbocycles. The molecule has 0 aromatic heterocycles. The summed E-state index contributed by atoms with van der Waals surface area (Å²) < 4.78 is 38.3. The largest absolute Gasteiger partial charge is 0.394 e. The molecule has 1 heterocycles. The van der Waals surface area contributed by atoms with Gasteiger partial charge in [0.15, 0.2) is 0 Å². The number of halogens is 1. The van der Waals surface area contributed by atoms with Gasteiger partial charge in [0.2, 0.25) is 5.91 Å². The maximum Gasteiger partial charge on any atom is 0.302 e. The maximum absolute atomic E-state index is 12.4. The first-order valence-corrected chi connectivity index (χ1v) is 6.86. The number of rotatable bonds is 7. The van der Waals surface area contributed by atoms with Crippen LogP contribution >= 0.6 is 0 Å². The van der Waals surface area contributed by atoms with Crippen molar-refractivity contribution in [3.8, 4) is 0 Å². The maximum atomic E-state index is 12.4. The van der Waals surface area contributed by atoms with Crippen LogP contribution in [-0.4, -0.2) is 63.0 Å². The van der Waals surface area contributed by atoms with E-state index in [2.05, 4.69) is 0 Å². The molecule has 1 saturated heterocycles. The SMILES string of the molecule is O=C1CC(CS(=O)(=O)F)CN1CCOCCO. The molecule has 100 valence electrons. The van der Waals surface area contributed by atoms with E-state index in [1.165, 1.54) is 4.90 Å². The van der Waals surface area contributed by atoms with Crippen molar-refractivity contribution in [2.45, 2.75) is 6.42 Å². The van der Waals surface area contributed by atoms with E-state index in [0.29, 0.717) is 6.54 Å². The van der Waals surface area contributed by atoms with Gasteiger partial charge in [0.05, 0.1) is 25.6 Å². The smallest absolute Gasteiger partial charge is 0.302 e. The minimum absolute atomic E-state index is 0.0587. The zero-order valence-electron chi connectivity index (χ0n) is 9.34. The Morgan fingerprint density at radius 1 is 1.47 bits per heavy atom. The third-order valence-electron chi connectivity index (χ3n) is 2.47. The standard InChI is InChI=1S/C9H16FNO5S/c10-17(14,15)7-8-5-9(13)11(6-8)1-3-16-4-2-12/h8,12H,1-7H2. The van der Waals surface area contributed by atoms with E-state index in [1.54, 1.807) is 0 Å². The molecule has 1 fully saturated rings. The van der Waals surface area contributed by atoms with Gasteiger partial charge in [0.1, 0.15) is 0 Å². The van der Waals surface area contributed by atoms with Crippen LogP contribution < -0.4 is 0 Å². The number of hydrogen-bond acceptors (Lipinski definition) is 5. The number of ether oxygens (including phenoxy) is 1. The van der Waals surface area contributed by atoms with E-state index in [9.17, 15) is 17.1 Å². The number of carbonyl (C=O) groups excluding carboxylic acids is 1. The van der Waals surface area contributed by atoms with Gasteiger partial charge in [-0.1, -0.05) is 0 Å². The number of aliphatic hydroxyl groups excluding tert-OH is 1. The average Bonchev–Trinajstić information content (AvgIpc) is 2.51. The van der Waals surface area contributed by atoms with Gasteiger partial charge in [-0.15, -0.1) is 3.89 Å². The molecule has 17 heavy (non-hydrogen) atoms. The molecule has 8 heteroatoms. The number of nitrogens with zero attached hydrogens (tertiary/aromatic N) is 1. The quantitative estimate of drug-likeness (QED) is 0.480. The lowest BCUT2D eigenvalue weighted by Crippen LogP contribution is -2.29. The van der Waals surface area contributed by atoms with Crippen LogP contribution in [0.15, 0.2) is 0 Å². The van der Waals surface area contributed by atoms with Gasteiger partial charge in [-0.25, -0.2) is 0 Å². The lowest BCUT2D eigenvalue weighted by Gasteiger charge is -2.15. The second-order valence-corrected chi connectivity index (χ2v) is 5.36. The van der Waals surface area contributed by atoms with Crippen molar-refractivity contribution in [2.24, 2.45) is 5.92 Å². The van der Waals surface area contributed by atoms with Gasteiger partial charge in [0.25, 0.3) is 0 Å². The normalized spacial score (nSPS) is 21.2. The highest BCUT2D eigenvalue weighted by atomic mass is 32.3. The molecular formula is C9H16FNO5S. The Kier molecular flexibility index (Phi) is 5.29. The van der Waals surface area contributed by atoms with E-state index in [0.717, 1.165) is 0 Å². The number of likely N-dealkylation sites (tertiary alicyclic amines) is 1. The molecule has 1 aliphatic rings. The zero-order chi connectivity index (χ0) is 12.9. The summed E-state index contributed by atoms with van der Waals surface area (Å²) in [6.07, 6.45) is 0.0587. The van der Waals surface area contributed by atoms with Crippen molar-refractivity contribution >= 4 is 16.1 Å². The lowest BCUT2D eigenvalue weighted by molar-refractivity contribution is -0.128. The minimum atomic E-state index is -4.53. The Bertz CT molecular complexity index is 358. The van der Waals surface area contributed by atoms with Crippen molar-refractivity contribution in [1.29, 1.82) is 0 Å². The fourth-order valence-corrected chi connectivity index (χ4v) is 2.59. The highest BCUT2D eigenvalue weighted by molar-refractivity contribution is 7.86. The van der Waals surface area contributed by atoms with Crippen molar-refractivity contribution in [2.75, 3.05) is 38.7 Å². The third-order valence-corrected chi connectivity index (χ3v) is 3.34. The monoisotopic (exact) mass is 269 g/mol. The summed E-state index contributed by atoms with van der Waals surface area (Å²) in [7, 11) is -4.53. The summed E-state index contributed by atoms with van der Waals surface area (Å²) in [6, 6.07) is 0. The number of hydrogen-bond donors (Lipinski definition) is 1. The molecule has 1 aliphatic heterocycles. The Balaban J connectivity index is 2.32. The number of carbonyl (C=O) groups is 1. The van der Waals surface area contributed by atoms with Crippen molar-refractivity contribution < 1.29 is 26.9 Å². The predicted octanol–water partition coefficient (Wildman–Crippen LogP) is -0.857. The van der Waals surface area contributed by atoms with E-state index < -0.39 is 21.9 Å². The molecule has 1 unspecified atom stereocenters. The molecular weight excluding hydrogens is 253 g/mol. The molecule has 0 aromatic rings. The van der Waals surface area contributed by atoms with Crippen LogP contribution in [0.5, 0.6) is 0 Å². The van der Waals surface area contributed by atoms with Crippen LogP contribution in [0.4, 0.5) is 3.89 Å². The molecule has 0 radical (unpaired) electrons. The first-order chi connectivity index (χ1) is 7.92. The Morgan fingerprint density at radius 3 is 2.76 bits per heavy atom. The minimum Gasteiger partial charge on any atom is -0.394 e. The van der Waals surface area contributed by atoms with E-state index in [1.807, 2.05) is 0 Å². The van der Waals surface area contributed by atoms with E-state index in [4.69, 9.17) is 9.84 Å². The van der Waals surface area contributed by atoms with Crippen LogP contribution in [0.2, 0.25) is 0 Å². The highest BCUT2D eigenvalue weighted by Gasteiger charge is 2.32. The molecule has 1 rings (SSSR count). The van der Waals surface area contributed by atoms with Gasteiger partial charge in [-0.2, -0.15) is 8.42 Å². The molecule has 0 spiro atoms. The molecule has 0 aromatic carbocycles. The summed E-state index contributed by atoms with van der Waals surface area (Å²) in [5, 5.41) is 8.47. The van der Waals surface area contributed by atoms with E-state index in [-0.39, 0.29) is 38.7 Å². The fourth-order valence-electron chi connectivity index (χ4n) is 1.80. The van der Waals surface area contributed by atoms with Crippen LogP contribution in [-0.2, 0) is 19.8 Å². The van der Waals surface area contributed by atoms with Gasteiger partial charge in [0, 0.05) is 25.4 Å². The van der Waals surface area contributed by atoms with Gasteiger partial charge >= 0.3 is 10.2 Å². The van der Waals surface area contributed by atoms with Crippen molar-refractivity contribution in [3.05, 3.63) is 0 Å². The van der Waals surface area contributed by atoms with Crippen molar-refractivity contribution in [1.82, 2.24) is 4.90 Å². The zero-order valence-corrected chi connectivity index (χ0v) is 10.2. The van der Waals surface area contributed by atoms with Crippen molar-refractivity contribution in [3.63, 3.8) is 0 Å². The fraction of sp³-hybridized carbons (Fsp3) is 0.889.